The lowest BCUT2D eigenvalue weighted by Crippen LogP contribution is -2.13. The molecule has 0 aliphatic carbocycles. The third kappa shape index (κ3) is 3.92. The zero-order chi connectivity index (χ0) is 11.3. The first-order chi connectivity index (χ1) is 7.13. The fraction of sp³-hybridized carbons (Fsp3) is 0.417. The van der Waals surface area contributed by atoms with Gasteiger partial charge in [-0.1, -0.05) is 12.1 Å². The molecule has 1 aromatic carbocycles. The SMILES string of the molecule is CCOc1cccc(CC(Cl)C(C)=O)c1. The molecule has 0 saturated heterocycles. The van der Waals surface area contributed by atoms with Gasteiger partial charge in [-0.25, -0.2) is 0 Å². The molecule has 1 aromatic rings. The fourth-order valence-corrected chi connectivity index (χ4v) is 1.46. The number of carbonyl (C=O) groups is 1. The molecule has 0 aromatic heterocycles. The van der Waals surface area contributed by atoms with Gasteiger partial charge in [-0.2, -0.15) is 0 Å². The van der Waals surface area contributed by atoms with Crippen LogP contribution in [0.4, 0.5) is 0 Å². The highest BCUT2D eigenvalue weighted by Crippen LogP contribution is 2.16. The molecule has 0 spiro atoms. The van der Waals surface area contributed by atoms with Crippen LogP contribution in [-0.2, 0) is 11.2 Å². The van der Waals surface area contributed by atoms with E-state index in [0.717, 1.165) is 11.3 Å². The molecular formula is C12H15ClO2. The maximum absolute atomic E-state index is 11.0. The number of ketones is 1. The van der Waals surface area contributed by atoms with Crippen molar-refractivity contribution in [3.05, 3.63) is 29.8 Å². The molecule has 15 heavy (non-hydrogen) atoms. The molecule has 0 saturated carbocycles. The van der Waals surface area contributed by atoms with Gasteiger partial charge >= 0.3 is 0 Å². The monoisotopic (exact) mass is 226 g/mol. The molecule has 0 radical (unpaired) electrons. The highest BCUT2D eigenvalue weighted by atomic mass is 35.5. The van der Waals surface area contributed by atoms with Gasteiger partial charge in [-0.05, 0) is 38.0 Å². The third-order valence-corrected chi connectivity index (χ3v) is 2.53. The number of rotatable bonds is 5. The minimum atomic E-state index is -0.443. The average Bonchev–Trinajstić information content (AvgIpc) is 2.18. The molecule has 0 aliphatic rings. The maximum atomic E-state index is 11.0. The molecule has 82 valence electrons. The Kier molecular flexibility index (Phi) is 4.63. The highest BCUT2D eigenvalue weighted by molar-refractivity contribution is 6.30. The van der Waals surface area contributed by atoms with Crippen molar-refractivity contribution < 1.29 is 9.53 Å². The zero-order valence-corrected chi connectivity index (χ0v) is 9.75. The minimum absolute atomic E-state index is 0.00141. The summed E-state index contributed by atoms with van der Waals surface area (Å²) in [6.45, 7) is 4.08. The lowest BCUT2D eigenvalue weighted by molar-refractivity contribution is -0.116. The van der Waals surface area contributed by atoms with Crippen LogP contribution in [0.3, 0.4) is 0 Å². The van der Waals surface area contributed by atoms with E-state index in [-0.39, 0.29) is 5.78 Å². The van der Waals surface area contributed by atoms with Crippen molar-refractivity contribution in [1.82, 2.24) is 0 Å². The van der Waals surface area contributed by atoms with Gasteiger partial charge in [-0.3, -0.25) is 4.79 Å². The van der Waals surface area contributed by atoms with Crippen molar-refractivity contribution in [3.8, 4) is 5.75 Å². The zero-order valence-electron chi connectivity index (χ0n) is 9.00. The molecular weight excluding hydrogens is 212 g/mol. The topological polar surface area (TPSA) is 26.3 Å². The van der Waals surface area contributed by atoms with Gasteiger partial charge in [-0.15, -0.1) is 11.6 Å². The number of alkyl halides is 1. The molecule has 2 nitrogen and oxygen atoms in total. The van der Waals surface area contributed by atoms with Gasteiger partial charge in [0.05, 0.1) is 12.0 Å². The number of benzene rings is 1. The van der Waals surface area contributed by atoms with Crippen molar-refractivity contribution >= 4 is 17.4 Å². The van der Waals surface area contributed by atoms with E-state index in [4.69, 9.17) is 16.3 Å². The molecule has 0 fully saturated rings. The second kappa shape index (κ2) is 5.76. The largest absolute Gasteiger partial charge is 0.494 e. The molecule has 0 heterocycles. The normalized spacial score (nSPS) is 12.2. The van der Waals surface area contributed by atoms with E-state index in [9.17, 15) is 4.79 Å². The Hall–Kier alpha value is -1.02. The van der Waals surface area contributed by atoms with Gasteiger partial charge in [0.15, 0.2) is 0 Å². The van der Waals surface area contributed by atoms with E-state index in [1.54, 1.807) is 0 Å². The van der Waals surface area contributed by atoms with Crippen molar-refractivity contribution in [1.29, 1.82) is 0 Å². The van der Waals surface area contributed by atoms with Crippen LogP contribution < -0.4 is 4.74 Å². The molecule has 1 rings (SSSR count). The van der Waals surface area contributed by atoms with Gasteiger partial charge in [0.1, 0.15) is 11.5 Å². The van der Waals surface area contributed by atoms with Gasteiger partial charge in [0.2, 0.25) is 0 Å². The van der Waals surface area contributed by atoms with Crippen LogP contribution in [-0.4, -0.2) is 17.8 Å². The lowest BCUT2D eigenvalue weighted by Gasteiger charge is -2.08. The Morgan fingerprint density at radius 3 is 2.87 bits per heavy atom. The van der Waals surface area contributed by atoms with Crippen LogP contribution in [0.2, 0.25) is 0 Å². The number of ether oxygens (including phenoxy) is 1. The first kappa shape index (κ1) is 12.1. The molecule has 0 N–H and O–H groups in total. The predicted molar refractivity (Wildman–Crippen MR) is 61.6 cm³/mol. The average molecular weight is 227 g/mol. The van der Waals surface area contributed by atoms with Crippen LogP contribution in [0.25, 0.3) is 0 Å². The quantitative estimate of drug-likeness (QED) is 0.722. The first-order valence-electron chi connectivity index (χ1n) is 4.99. The van der Waals surface area contributed by atoms with Crippen LogP contribution in [0.15, 0.2) is 24.3 Å². The Balaban J connectivity index is 2.68. The van der Waals surface area contributed by atoms with Gasteiger partial charge in [0, 0.05) is 0 Å². The van der Waals surface area contributed by atoms with E-state index >= 15 is 0 Å². The Bertz CT molecular complexity index is 336. The summed E-state index contributed by atoms with van der Waals surface area (Å²) in [5.74, 6) is 0.820. The Morgan fingerprint density at radius 1 is 1.53 bits per heavy atom. The third-order valence-electron chi connectivity index (χ3n) is 2.07. The van der Waals surface area contributed by atoms with Crippen molar-refractivity contribution in [2.75, 3.05) is 6.61 Å². The maximum Gasteiger partial charge on any atom is 0.147 e. The van der Waals surface area contributed by atoms with Gasteiger partial charge in [0.25, 0.3) is 0 Å². The summed E-state index contributed by atoms with van der Waals surface area (Å²) in [6.07, 6.45) is 0.553. The van der Waals surface area contributed by atoms with Crippen LogP contribution in [0.5, 0.6) is 5.75 Å². The Morgan fingerprint density at radius 2 is 2.27 bits per heavy atom. The van der Waals surface area contributed by atoms with E-state index in [1.807, 2.05) is 31.2 Å². The summed E-state index contributed by atoms with van der Waals surface area (Å²) >= 11 is 5.89. The van der Waals surface area contributed by atoms with E-state index in [0.29, 0.717) is 13.0 Å². The number of hydrogen-bond donors (Lipinski definition) is 0. The second-order valence-corrected chi connectivity index (χ2v) is 3.89. The fourth-order valence-electron chi connectivity index (χ4n) is 1.28. The molecule has 3 heteroatoms. The highest BCUT2D eigenvalue weighted by Gasteiger charge is 2.11. The summed E-state index contributed by atoms with van der Waals surface area (Å²) in [4.78, 5) is 11.0. The minimum Gasteiger partial charge on any atom is -0.494 e. The Labute approximate surface area is 95.2 Å². The molecule has 0 aliphatic heterocycles. The summed E-state index contributed by atoms with van der Waals surface area (Å²) in [5, 5.41) is -0.443. The van der Waals surface area contributed by atoms with Crippen molar-refractivity contribution in [3.63, 3.8) is 0 Å². The number of carbonyl (C=O) groups excluding carboxylic acids is 1. The summed E-state index contributed by atoms with van der Waals surface area (Å²) in [6, 6.07) is 7.66. The molecule has 1 atom stereocenters. The first-order valence-corrected chi connectivity index (χ1v) is 5.43. The second-order valence-electron chi connectivity index (χ2n) is 3.36. The van der Waals surface area contributed by atoms with E-state index in [2.05, 4.69) is 0 Å². The van der Waals surface area contributed by atoms with Crippen LogP contribution in [0, 0.1) is 0 Å². The van der Waals surface area contributed by atoms with Crippen molar-refractivity contribution in [2.24, 2.45) is 0 Å². The summed E-state index contributed by atoms with van der Waals surface area (Å²) in [5.41, 5.74) is 1.02. The smallest absolute Gasteiger partial charge is 0.147 e. The van der Waals surface area contributed by atoms with E-state index < -0.39 is 5.38 Å². The summed E-state index contributed by atoms with van der Waals surface area (Å²) in [7, 11) is 0. The number of halogens is 1. The molecule has 0 bridgehead atoms. The van der Waals surface area contributed by atoms with Gasteiger partial charge < -0.3 is 4.74 Å². The van der Waals surface area contributed by atoms with Crippen LogP contribution >= 0.6 is 11.6 Å². The molecule has 0 amide bonds. The lowest BCUT2D eigenvalue weighted by atomic mass is 10.1. The van der Waals surface area contributed by atoms with Crippen molar-refractivity contribution in [2.45, 2.75) is 25.6 Å². The number of Topliss-reactive ketones (excluding diaryl/α,β-unsaturated/α-hetero) is 1. The predicted octanol–water partition coefficient (Wildman–Crippen LogP) is 2.82. The number of hydrogen-bond acceptors (Lipinski definition) is 2. The molecule has 1 unspecified atom stereocenters. The standard InChI is InChI=1S/C12H15ClO2/c1-3-15-11-6-4-5-10(7-11)8-12(13)9(2)14/h4-7,12H,3,8H2,1-2H3. The summed E-state index contributed by atoms with van der Waals surface area (Å²) < 4.78 is 5.36. The van der Waals surface area contributed by atoms with Crippen LogP contribution in [0.1, 0.15) is 19.4 Å². The van der Waals surface area contributed by atoms with E-state index in [1.165, 1.54) is 6.92 Å².